The third-order valence-electron chi connectivity index (χ3n) is 2.66. The van der Waals surface area contributed by atoms with Crippen molar-refractivity contribution >= 4 is 29.2 Å². The second kappa shape index (κ2) is 6.89. The highest BCUT2D eigenvalue weighted by atomic mass is 16.6. The number of hydrogen-bond donors (Lipinski definition) is 1. The highest BCUT2D eigenvalue weighted by molar-refractivity contribution is 6.23. The van der Waals surface area contributed by atoms with Gasteiger partial charge in [-0.3, -0.25) is 0 Å². The van der Waals surface area contributed by atoms with Crippen LogP contribution in [0, 0.1) is 0 Å². The number of nitrogens with zero attached hydrogens (tertiary/aromatic N) is 1. The molecule has 0 saturated heterocycles. The minimum Gasteiger partial charge on any atom is -0.456 e. The summed E-state index contributed by atoms with van der Waals surface area (Å²) in [6, 6.07) is 17.4. The van der Waals surface area contributed by atoms with E-state index in [1.807, 2.05) is 75.4 Å². The molecule has 4 nitrogen and oxygen atoms in total. The van der Waals surface area contributed by atoms with Crippen LogP contribution < -0.4 is 5.32 Å². The number of ether oxygens (including phenoxy) is 1. The summed E-state index contributed by atoms with van der Waals surface area (Å²) in [5.41, 5.74) is 2.17. The van der Waals surface area contributed by atoms with Crippen molar-refractivity contribution in [3.63, 3.8) is 0 Å². The first-order chi connectivity index (χ1) is 10.4. The second-order valence-electron chi connectivity index (χ2n) is 5.83. The lowest BCUT2D eigenvalue weighted by molar-refractivity contribution is -0.145. The van der Waals surface area contributed by atoms with E-state index in [9.17, 15) is 4.79 Å². The SMILES string of the molecule is CC(C)(C)OC(=O)C=Nc1ccc(Nc2ccccc2)cc1. The molecule has 0 aliphatic rings. The second-order valence-corrected chi connectivity index (χ2v) is 5.83. The molecule has 2 rings (SSSR count). The van der Waals surface area contributed by atoms with Crippen LogP contribution in [0.25, 0.3) is 0 Å². The quantitative estimate of drug-likeness (QED) is 0.668. The Morgan fingerprint density at radius 2 is 1.59 bits per heavy atom. The lowest BCUT2D eigenvalue weighted by Gasteiger charge is -2.17. The van der Waals surface area contributed by atoms with Gasteiger partial charge in [-0.05, 0) is 57.2 Å². The third-order valence-corrected chi connectivity index (χ3v) is 2.66. The van der Waals surface area contributed by atoms with Gasteiger partial charge in [0.15, 0.2) is 0 Å². The molecule has 0 aliphatic carbocycles. The molecule has 22 heavy (non-hydrogen) atoms. The molecule has 0 saturated carbocycles. The van der Waals surface area contributed by atoms with Crippen molar-refractivity contribution < 1.29 is 9.53 Å². The van der Waals surface area contributed by atoms with E-state index in [0.717, 1.165) is 11.4 Å². The van der Waals surface area contributed by atoms with Crippen LogP contribution in [0.4, 0.5) is 17.1 Å². The van der Waals surface area contributed by atoms with Gasteiger partial charge in [0.2, 0.25) is 0 Å². The first kappa shape index (κ1) is 15.8. The zero-order chi connectivity index (χ0) is 16.0. The van der Waals surface area contributed by atoms with Crippen LogP contribution in [0.5, 0.6) is 0 Å². The Balaban J connectivity index is 1.96. The van der Waals surface area contributed by atoms with Crippen LogP contribution in [0.15, 0.2) is 59.6 Å². The summed E-state index contributed by atoms with van der Waals surface area (Å²) in [5.74, 6) is -0.445. The highest BCUT2D eigenvalue weighted by Crippen LogP contribution is 2.20. The van der Waals surface area contributed by atoms with Gasteiger partial charge < -0.3 is 10.1 Å². The molecule has 0 aromatic heterocycles. The van der Waals surface area contributed by atoms with E-state index in [1.54, 1.807) is 0 Å². The lowest BCUT2D eigenvalue weighted by Crippen LogP contribution is -2.24. The molecule has 0 fully saturated rings. The Bertz CT molecular complexity index is 641. The van der Waals surface area contributed by atoms with E-state index < -0.39 is 11.6 Å². The van der Waals surface area contributed by atoms with E-state index in [4.69, 9.17) is 4.74 Å². The van der Waals surface area contributed by atoms with Crippen molar-refractivity contribution in [1.29, 1.82) is 0 Å². The average Bonchev–Trinajstić information content (AvgIpc) is 2.46. The van der Waals surface area contributed by atoms with Gasteiger partial charge >= 0.3 is 5.97 Å². The summed E-state index contributed by atoms with van der Waals surface area (Å²) < 4.78 is 5.16. The van der Waals surface area contributed by atoms with E-state index in [-0.39, 0.29) is 0 Å². The summed E-state index contributed by atoms with van der Waals surface area (Å²) in [5, 5.41) is 3.28. The van der Waals surface area contributed by atoms with Gasteiger partial charge in [0, 0.05) is 11.4 Å². The van der Waals surface area contributed by atoms with Gasteiger partial charge in [-0.2, -0.15) is 0 Å². The van der Waals surface area contributed by atoms with E-state index >= 15 is 0 Å². The van der Waals surface area contributed by atoms with Gasteiger partial charge in [0.05, 0.1) is 5.69 Å². The summed E-state index contributed by atoms with van der Waals surface area (Å²) in [6.45, 7) is 5.47. The monoisotopic (exact) mass is 296 g/mol. The predicted molar refractivity (Wildman–Crippen MR) is 90.2 cm³/mol. The first-order valence-corrected chi connectivity index (χ1v) is 7.11. The van der Waals surface area contributed by atoms with Crippen LogP contribution >= 0.6 is 0 Å². The Hall–Kier alpha value is -2.62. The Kier molecular flexibility index (Phi) is 4.94. The van der Waals surface area contributed by atoms with E-state index in [1.165, 1.54) is 6.21 Å². The fourth-order valence-electron chi connectivity index (χ4n) is 1.77. The van der Waals surface area contributed by atoms with Gasteiger partial charge in [-0.25, -0.2) is 9.79 Å². The zero-order valence-electron chi connectivity index (χ0n) is 13.0. The molecule has 114 valence electrons. The lowest BCUT2D eigenvalue weighted by atomic mass is 10.2. The predicted octanol–water partition coefficient (Wildman–Crippen LogP) is 4.47. The average molecular weight is 296 g/mol. The molecule has 0 atom stereocenters. The number of hydrogen-bond acceptors (Lipinski definition) is 4. The van der Waals surface area contributed by atoms with Crippen molar-refractivity contribution in [2.45, 2.75) is 26.4 Å². The van der Waals surface area contributed by atoms with Gasteiger partial charge in [-0.15, -0.1) is 0 Å². The number of anilines is 2. The molecule has 2 aromatic carbocycles. The molecular weight excluding hydrogens is 276 g/mol. The van der Waals surface area contributed by atoms with Crippen molar-refractivity contribution in [3.8, 4) is 0 Å². The summed E-state index contributed by atoms with van der Waals surface area (Å²) in [7, 11) is 0. The Morgan fingerprint density at radius 1 is 1.00 bits per heavy atom. The van der Waals surface area contributed by atoms with Crippen LogP contribution in [0.1, 0.15) is 20.8 Å². The molecule has 4 heteroatoms. The topological polar surface area (TPSA) is 50.7 Å². The number of carbonyl (C=O) groups is 1. The minimum absolute atomic E-state index is 0.445. The molecule has 0 heterocycles. The summed E-state index contributed by atoms with van der Waals surface area (Å²) in [6.07, 6.45) is 1.20. The molecule has 1 N–H and O–H groups in total. The maximum Gasteiger partial charge on any atom is 0.349 e. The molecule has 2 aromatic rings. The van der Waals surface area contributed by atoms with Gasteiger partial charge in [-0.1, -0.05) is 18.2 Å². The number of nitrogens with one attached hydrogen (secondary N) is 1. The van der Waals surface area contributed by atoms with Crippen molar-refractivity contribution in [3.05, 3.63) is 54.6 Å². The minimum atomic E-state index is -0.507. The Labute approximate surface area is 130 Å². The van der Waals surface area contributed by atoms with Crippen molar-refractivity contribution in [2.24, 2.45) is 4.99 Å². The normalized spacial score (nSPS) is 11.4. The van der Waals surface area contributed by atoms with Crippen LogP contribution in [-0.2, 0) is 9.53 Å². The van der Waals surface area contributed by atoms with E-state index in [0.29, 0.717) is 5.69 Å². The number of aliphatic imine (C=N–C) groups is 1. The number of benzene rings is 2. The van der Waals surface area contributed by atoms with Gasteiger partial charge in [0.1, 0.15) is 11.8 Å². The van der Waals surface area contributed by atoms with Crippen molar-refractivity contribution in [1.82, 2.24) is 0 Å². The summed E-state index contributed by atoms with van der Waals surface area (Å²) in [4.78, 5) is 15.7. The molecule has 0 unspecified atom stereocenters. The third kappa shape index (κ3) is 5.40. The number of para-hydroxylation sites is 1. The smallest absolute Gasteiger partial charge is 0.349 e. The highest BCUT2D eigenvalue weighted by Gasteiger charge is 2.14. The maximum absolute atomic E-state index is 11.6. The maximum atomic E-state index is 11.6. The molecular formula is C18H20N2O2. The number of rotatable bonds is 4. The molecule has 0 spiro atoms. The van der Waals surface area contributed by atoms with Crippen LogP contribution in [0.2, 0.25) is 0 Å². The Morgan fingerprint density at radius 3 is 2.18 bits per heavy atom. The fraction of sp³-hybridized carbons (Fsp3) is 0.222. The number of esters is 1. The summed E-state index contributed by atoms with van der Waals surface area (Å²) >= 11 is 0. The molecule has 0 aliphatic heterocycles. The van der Waals surface area contributed by atoms with Crippen molar-refractivity contribution in [2.75, 3.05) is 5.32 Å². The van der Waals surface area contributed by atoms with Crippen LogP contribution in [-0.4, -0.2) is 17.8 Å². The largest absolute Gasteiger partial charge is 0.456 e. The van der Waals surface area contributed by atoms with E-state index in [2.05, 4.69) is 10.3 Å². The van der Waals surface area contributed by atoms with Gasteiger partial charge in [0.25, 0.3) is 0 Å². The fourth-order valence-corrected chi connectivity index (χ4v) is 1.77. The first-order valence-electron chi connectivity index (χ1n) is 7.11. The molecule has 0 bridgehead atoms. The standard InChI is InChI=1S/C18H20N2O2/c1-18(2,3)22-17(21)13-19-14-9-11-16(12-10-14)20-15-7-5-4-6-8-15/h4-13,20H,1-3H3. The zero-order valence-corrected chi connectivity index (χ0v) is 13.0. The number of carbonyl (C=O) groups excluding carboxylic acids is 1. The molecule has 0 radical (unpaired) electrons. The van der Waals surface area contributed by atoms with Crippen LogP contribution in [0.3, 0.4) is 0 Å². The molecule has 0 amide bonds.